The number of aryl methyl sites for hydroxylation is 2. The molecule has 2 rings (SSSR count). The van der Waals surface area contributed by atoms with Crippen molar-refractivity contribution in [1.29, 1.82) is 0 Å². The van der Waals surface area contributed by atoms with E-state index in [9.17, 15) is 4.39 Å². The predicted molar refractivity (Wildman–Crippen MR) is 82.3 cm³/mol. The van der Waals surface area contributed by atoms with Gasteiger partial charge in [-0.3, -0.25) is 4.68 Å². The summed E-state index contributed by atoms with van der Waals surface area (Å²) in [6.07, 6.45) is 1.32. The molecule has 20 heavy (non-hydrogen) atoms. The first-order valence-electron chi connectivity index (χ1n) is 6.34. The topological polar surface area (TPSA) is 43.8 Å². The largest absolute Gasteiger partial charge is 0.324 e. The Morgan fingerprint density at radius 1 is 1.50 bits per heavy atom. The Bertz CT molecular complexity index is 627. The normalized spacial score (nSPS) is 12.7. The minimum absolute atomic E-state index is 0.337. The molecule has 1 aromatic carbocycles. The fourth-order valence-electron chi connectivity index (χ4n) is 2.16. The number of aromatic nitrogens is 2. The summed E-state index contributed by atoms with van der Waals surface area (Å²) in [6.45, 7) is 2.04. The van der Waals surface area contributed by atoms with Crippen molar-refractivity contribution >= 4 is 27.5 Å². The lowest BCUT2D eigenvalue weighted by molar-refractivity contribution is 0.568. The van der Waals surface area contributed by atoms with Crippen LogP contribution in [-0.2, 0) is 19.9 Å². The Labute approximate surface area is 131 Å². The second kappa shape index (κ2) is 6.24. The van der Waals surface area contributed by atoms with Crippen LogP contribution < -0.4 is 5.73 Å². The Kier molecular flexibility index (Phi) is 4.83. The lowest BCUT2D eigenvalue weighted by atomic mass is 10.0. The minimum Gasteiger partial charge on any atom is -0.324 e. The summed E-state index contributed by atoms with van der Waals surface area (Å²) in [4.78, 5) is 0. The highest BCUT2D eigenvalue weighted by atomic mass is 79.9. The first-order chi connectivity index (χ1) is 9.43. The van der Waals surface area contributed by atoms with Crippen molar-refractivity contribution in [3.63, 3.8) is 0 Å². The van der Waals surface area contributed by atoms with Crippen molar-refractivity contribution in [2.75, 3.05) is 0 Å². The van der Waals surface area contributed by atoms with Gasteiger partial charge in [-0.1, -0.05) is 18.5 Å². The van der Waals surface area contributed by atoms with Gasteiger partial charge >= 0.3 is 0 Å². The van der Waals surface area contributed by atoms with Gasteiger partial charge in [0.2, 0.25) is 0 Å². The Morgan fingerprint density at radius 2 is 2.20 bits per heavy atom. The van der Waals surface area contributed by atoms with Crippen LogP contribution in [0.3, 0.4) is 0 Å². The third-order valence-corrected chi connectivity index (χ3v) is 4.42. The van der Waals surface area contributed by atoms with E-state index >= 15 is 0 Å². The predicted octanol–water partition coefficient (Wildman–Crippen LogP) is 3.78. The van der Waals surface area contributed by atoms with Gasteiger partial charge in [0.1, 0.15) is 5.82 Å². The molecule has 0 saturated carbocycles. The fourth-order valence-corrected chi connectivity index (χ4v) is 3.12. The number of benzene rings is 1. The lowest BCUT2D eigenvalue weighted by Gasteiger charge is -2.14. The van der Waals surface area contributed by atoms with Crippen molar-refractivity contribution in [2.45, 2.75) is 25.8 Å². The van der Waals surface area contributed by atoms with Crippen LogP contribution in [0.5, 0.6) is 0 Å². The highest BCUT2D eigenvalue weighted by Gasteiger charge is 2.18. The van der Waals surface area contributed by atoms with Crippen LogP contribution in [0.1, 0.15) is 29.9 Å². The molecule has 0 fully saturated rings. The van der Waals surface area contributed by atoms with Crippen LogP contribution in [0.25, 0.3) is 0 Å². The molecule has 1 aromatic heterocycles. The summed E-state index contributed by atoms with van der Waals surface area (Å²) in [7, 11) is 1.86. The van der Waals surface area contributed by atoms with Gasteiger partial charge in [-0.15, -0.1) is 0 Å². The van der Waals surface area contributed by atoms with E-state index in [-0.39, 0.29) is 5.82 Å². The van der Waals surface area contributed by atoms with Crippen molar-refractivity contribution in [3.05, 3.63) is 50.5 Å². The molecule has 0 saturated heterocycles. The first kappa shape index (κ1) is 15.5. The molecule has 6 heteroatoms. The van der Waals surface area contributed by atoms with E-state index in [0.717, 1.165) is 22.3 Å². The smallest absolute Gasteiger partial charge is 0.128 e. The summed E-state index contributed by atoms with van der Waals surface area (Å²) < 4.78 is 16.6. The van der Waals surface area contributed by atoms with Gasteiger partial charge in [-0.25, -0.2) is 4.39 Å². The summed E-state index contributed by atoms with van der Waals surface area (Å²) in [5.74, 6) is -0.337. The number of nitrogens with two attached hydrogens (primary N) is 1. The average molecular weight is 361 g/mol. The van der Waals surface area contributed by atoms with Crippen molar-refractivity contribution < 1.29 is 4.39 Å². The standard InChI is InChI=1S/C14H16BrClFN3/c1-3-12-14(15)13(20(2)19-12)7-11(18)9-6-8(16)4-5-10(9)17/h4-6,11H,3,7,18H2,1-2H3. The molecule has 1 unspecified atom stereocenters. The molecule has 0 aliphatic carbocycles. The van der Waals surface area contributed by atoms with Gasteiger partial charge in [-0.05, 0) is 40.5 Å². The molecule has 0 aliphatic rings. The van der Waals surface area contributed by atoms with Crippen LogP contribution in [0, 0.1) is 5.82 Å². The molecule has 3 nitrogen and oxygen atoms in total. The molecule has 1 heterocycles. The zero-order chi connectivity index (χ0) is 14.9. The molecule has 108 valence electrons. The number of nitrogens with zero attached hydrogens (tertiary/aromatic N) is 2. The maximum absolute atomic E-state index is 13.8. The first-order valence-corrected chi connectivity index (χ1v) is 7.51. The van der Waals surface area contributed by atoms with Gasteiger partial charge in [0, 0.05) is 30.1 Å². The summed E-state index contributed by atoms with van der Waals surface area (Å²) in [5, 5.41) is 4.89. The van der Waals surface area contributed by atoms with Gasteiger partial charge < -0.3 is 5.73 Å². The third kappa shape index (κ3) is 3.05. The Morgan fingerprint density at radius 3 is 2.80 bits per heavy atom. The molecule has 2 N–H and O–H groups in total. The van der Waals surface area contributed by atoms with E-state index in [1.807, 2.05) is 14.0 Å². The van der Waals surface area contributed by atoms with Gasteiger partial charge in [-0.2, -0.15) is 5.10 Å². The Balaban J connectivity index is 2.30. The van der Waals surface area contributed by atoms with Gasteiger partial charge in [0.05, 0.1) is 15.9 Å². The van der Waals surface area contributed by atoms with E-state index in [4.69, 9.17) is 17.3 Å². The lowest BCUT2D eigenvalue weighted by Crippen LogP contribution is -2.17. The molecule has 0 bridgehead atoms. The molecule has 0 spiro atoms. The molecule has 0 aliphatic heterocycles. The van der Waals surface area contributed by atoms with Crippen molar-refractivity contribution in [3.8, 4) is 0 Å². The number of hydrogen-bond acceptors (Lipinski definition) is 2. The summed E-state index contributed by atoms with van der Waals surface area (Å²) in [5.41, 5.74) is 8.47. The van der Waals surface area contributed by atoms with Crippen LogP contribution in [0.15, 0.2) is 22.7 Å². The second-order valence-corrected chi connectivity index (χ2v) is 5.89. The van der Waals surface area contributed by atoms with Crippen LogP contribution >= 0.6 is 27.5 Å². The maximum atomic E-state index is 13.8. The summed E-state index contributed by atoms with van der Waals surface area (Å²) >= 11 is 9.44. The Hall–Kier alpha value is -0.910. The van der Waals surface area contributed by atoms with Gasteiger partial charge in [0.15, 0.2) is 0 Å². The van der Waals surface area contributed by atoms with Crippen LogP contribution in [0.4, 0.5) is 4.39 Å². The van der Waals surface area contributed by atoms with Crippen molar-refractivity contribution in [2.24, 2.45) is 12.8 Å². The zero-order valence-corrected chi connectivity index (χ0v) is 13.7. The van der Waals surface area contributed by atoms with Crippen LogP contribution in [0.2, 0.25) is 5.02 Å². The highest BCUT2D eigenvalue weighted by molar-refractivity contribution is 9.10. The number of hydrogen-bond donors (Lipinski definition) is 1. The van der Waals surface area contributed by atoms with E-state index < -0.39 is 6.04 Å². The monoisotopic (exact) mass is 359 g/mol. The van der Waals surface area contributed by atoms with E-state index in [0.29, 0.717) is 17.0 Å². The summed E-state index contributed by atoms with van der Waals surface area (Å²) in [6, 6.07) is 3.97. The number of rotatable bonds is 4. The SMILES string of the molecule is CCc1nn(C)c(CC(N)c2cc(Cl)ccc2F)c1Br. The quantitative estimate of drug-likeness (QED) is 0.902. The zero-order valence-electron chi connectivity index (χ0n) is 11.3. The van der Waals surface area contributed by atoms with Crippen LogP contribution in [-0.4, -0.2) is 9.78 Å². The minimum atomic E-state index is -0.467. The van der Waals surface area contributed by atoms with E-state index in [2.05, 4.69) is 21.0 Å². The third-order valence-electron chi connectivity index (χ3n) is 3.27. The molecule has 0 amide bonds. The van der Waals surface area contributed by atoms with Crippen molar-refractivity contribution in [1.82, 2.24) is 9.78 Å². The number of halogens is 3. The average Bonchev–Trinajstić information content (AvgIpc) is 2.68. The molecule has 1 atom stereocenters. The molecule has 2 aromatic rings. The highest BCUT2D eigenvalue weighted by Crippen LogP contribution is 2.27. The van der Waals surface area contributed by atoms with E-state index in [1.54, 1.807) is 10.7 Å². The second-order valence-electron chi connectivity index (χ2n) is 4.66. The molecular weight excluding hydrogens is 345 g/mol. The maximum Gasteiger partial charge on any atom is 0.128 e. The fraction of sp³-hybridized carbons (Fsp3) is 0.357. The van der Waals surface area contributed by atoms with Gasteiger partial charge in [0.25, 0.3) is 0 Å². The molecule has 0 radical (unpaired) electrons. The molecular formula is C14H16BrClFN3. The van der Waals surface area contributed by atoms with E-state index in [1.165, 1.54) is 12.1 Å².